The summed E-state index contributed by atoms with van der Waals surface area (Å²) in [7, 11) is 0. The monoisotopic (exact) mass is 275 g/mol. The Morgan fingerprint density at radius 1 is 1.60 bits per heavy atom. The van der Waals surface area contributed by atoms with Gasteiger partial charge in [-0.15, -0.1) is 0 Å². The Morgan fingerprint density at radius 3 is 2.67 bits per heavy atom. The number of hydrogen-bond donors (Lipinski definition) is 2. The first-order chi connectivity index (χ1) is 6.93. The van der Waals surface area contributed by atoms with Gasteiger partial charge in [0.1, 0.15) is 11.9 Å². The third-order valence-corrected chi connectivity index (χ3v) is 2.77. The van der Waals surface area contributed by atoms with E-state index in [2.05, 4.69) is 15.9 Å². The highest BCUT2D eigenvalue weighted by atomic mass is 79.9. The van der Waals surface area contributed by atoms with Gasteiger partial charge in [0.05, 0.1) is 0 Å². The minimum Gasteiger partial charge on any atom is -0.480 e. The van der Waals surface area contributed by atoms with Crippen LogP contribution in [0, 0.1) is 5.82 Å². The largest absolute Gasteiger partial charge is 0.480 e. The minimum atomic E-state index is -1.13. The minimum absolute atomic E-state index is 0.313. The van der Waals surface area contributed by atoms with Gasteiger partial charge in [-0.2, -0.15) is 0 Å². The first kappa shape index (κ1) is 12.1. The highest BCUT2D eigenvalue weighted by Gasteiger charge is 2.23. The van der Waals surface area contributed by atoms with Crippen molar-refractivity contribution in [2.24, 2.45) is 5.73 Å². The van der Waals surface area contributed by atoms with Gasteiger partial charge < -0.3 is 10.8 Å². The van der Waals surface area contributed by atoms with E-state index in [1.165, 1.54) is 12.1 Å². The number of hydrogen-bond acceptors (Lipinski definition) is 2. The molecule has 0 spiro atoms. The van der Waals surface area contributed by atoms with E-state index in [4.69, 9.17) is 10.8 Å². The zero-order valence-corrected chi connectivity index (χ0v) is 9.66. The number of carboxylic acids is 1. The van der Waals surface area contributed by atoms with Crippen molar-refractivity contribution in [3.8, 4) is 0 Å². The topological polar surface area (TPSA) is 63.3 Å². The summed E-state index contributed by atoms with van der Waals surface area (Å²) >= 11 is 3.12. The van der Waals surface area contributed by atoms with Crippen LogP contribution in [0.15, 0.2) is 22.7 Å². The summed E-state index contributed by atoms with van der Waals surface area (Å²) < 4.78 is 14.1. The van der Waals surface area contributed by atoms with Crippen LogP contribution < -0.4 is 5.73 Å². The average Bonchev–Trinajstić information content (AvgIpc) is 2.15. The quantitative estimate of drug-likeness (QED) is 0.888. The first-order valence-corrected chi connectivity index (χ1v) is 5.16. The Morgan fingerprint density at radius 2 is 2.20 bits per heavy atom. The maximum Gasteiger partial charge on any atom is 0.321 e. The van der Waals surface area contributed by atoms with Gasteiger partial charge in [0.15, 0.2) is 0 Å². The number of benzene rings is 1. The molecule has 2 unspecified atom stereocenters. The Bertz CT molecular complexity index is 384. The number of halogens is 2. The molecule has 0 aliphatic carbocycles. The standard InChI is InChI=1S/C10H11BrFNO2/c1-5(9(13)10(14)15)7-3-2-6(11)4-8(7)12/h2-5,9H,13H2,1H3,(H,14,15). The molecule has 0 fully saturated rings. The maximum atomic E-state index is 13.4. The summed E-state index contributed by atoms with van der Waals surface area (Å²) in [4.78, 5) is 10.6. The summed E-state index contributed by atoms with van der Waals surface area (Å²) in [5.74, 6) is -2.14. The molecule has 0 radical (unpaired) electrons. The van der Waals surface area contributed by atoms with Gasteiger partial charge in [0, 0.05) is 10.4 Å². The number of rotatable bonds is 3. The molecular formula is C10H11BrFNO2. The molecule has 0 saturated carbocycles. The first-order valence-electron chi connectivity index (χ1n) is 4.37. The van der Waals surface area contributed by atoms with Crippen LogP contribution in [-0.4, -0.2) is 17.1 Å². The second-order valence-corrected chi connectivity index (χ2v) is 4.23. The van der Waals surface area contributed by atoms with E-state index in [-0.39, 0.29) is 0 Å². The molecular weight excluding hydrogens is 265 g/mol. The van der Waals surface area contributed by atoms with Crippen LogP contribution in [0.25, 0.3) is 0 Å². The molecule has 1 aromatic rings. The van der Waals surface area contributed by atoms with Crippen molar-refractivity contribution in [2.75, 3.05) is 0 Å². The van der Waals surface area contributed by atoms with Gasteiger partial charge in [0.25, 0.3) is 0 Å². The van der Waals surface area contributed by atoms with E-state index < -0.39 is 23.7 Å². The van der Waals surface area contributed by atoms with Crippen LogP contribution in [0.5, 0.6) is 0 Å². The molecule has 0 aliphatic heterocycles. The number of carbonyl (C=O) groups is 1. The summed E-state index contributed by atoms with van der Waals surface area (Å²) in [6.07, 6.45) is 0. The lowest BCUT2D eigenvalue weighted by molar-refractivity contribution is -0.139. The molecule has 0 saturated heterocycles. The lowest BCUT2D eigenvalue weighted by Gasteiger charge is -2.16. The molecule has 0 amide bonds. The average molecular weight is 276 g/mol. The molecule has 3 N–H and O–H groups in total. The molecule has 3 nitrogen and oxygen atoms in total. The van der Waals surface area contributed by atoms with Crippen LogP contribution in [0.3, 0.4) is 0 Å². The second-order valence-electron chi connectivity index (χ2n) is 3.32. The number of nitrogens with two attached hydrogens (primary N) is 1. The van der Waals surface area contributed by atoms with Gasteiger partial charge in [-0.05, 0) is 17.7 Å². The van der Waals surface area contributed by atoms with Gasteiger partial charge >= 0.3 is 5.97 Å². The van der Waals surface area contributed by atoms with Crippen molar-refractivity contribution in [1.82, 2.24) is 0 Å². The summed E-state index contributed by atoms with van der Waals surface area (Å²) in [5, 5.41) is 8.70. The molecule has 0 bridgehead atoms. The van der Waals surface area contributed by atoms with Crippen molar-refractivity contribution in [3.63, 3.8) is 0 Å². The van der Waals surface area contributed by atoms with Crippen molar-refractivity contribution < 1.29 is 14.3 Å². The molecule has 0 aliphatic rings. The molecule has 2 atom stereocenters. The van der Waals surface area contributed by atoms with Crippen LogP contribution >= 0.6 is 15.9 Å². The third-order valence-electron chi connectivity index (χ3n) is 2.28. The summed E-state index contributed by atoms with van der Waals surface area (Å²) in [6.45, 7) is 1.59. The molecule has 15 heavy (non-hydrogen) atoms. The van der Waals surface area contributed by atoms with Crippen molar-refractivity contribution in [1.29, 1.82) is 0 Å². The van der Waals surface area contributed by atoms with Crippen molar-refractivity contribution >= 4 is 21.9 Å². The number of aliphatic carboxylic acids is 1. The van der Waals surface area contributed by atoms with Crippen molar-refractivity contribution in [2.45, 2.75) is 18.9 Å². The van der Waals surface area contributed by atoms with E-state index in [9.17, 15) is 9.18 Å². The van der Waals surface area contributed by atoms with E-state index in [1.807, 2.05) is 0 Å². The van der Waals surface area contributed by atoms with E-state index >= 15 is 0 Å². The lowest BCUT2D eigenvalue weighted by Crippen LogP contribution is -2.35. The summed E-state index contributed by atoms with van der Waals surface area (Å²) in [6, 6.07) is 3.39. The predicted octanol–water partition coefficient (Wildman–Crippen LogP) is 2.10. The maximum absolute atomic E-state index is 13.4. The highest BCUT2D eigenvalue weighted by molar-refractivity contribution is 9.10. The summed E-state index contributed by atoms with van der Waals surface area (Å²) in [5.41, 5.74) is 5.73. The number of carboxylic acid groups (broad SMARTS) is 1. The van der Waals surface area contributed by atoms with E-state index in [0.717, 1.165) is 0 Å². The molecule has 0 heterocycles. The molecule has 5 heteroatoms. The smallest absolute Gasteiger partial charge is 0.321 e. The van der Waals surface area contributed by atoms with E-state index in [1.54, 1.807) is 13.0 Å². The highest BCUT2D eigenvalue weighted by Crippen LogP contribution is 2.24. The van der Waals surface area contributed by atoms with Gasteiger partial charge in [-0.25, -0.2) is 4.39 Å². The molecule has 0 aromatic heterocycles. The SMILES string of the molecule is CC(c1ccc(Br)cc1F)C(N)C(=O)O. The zero-order chi connectivity index (χ0) is 11.6. The Labute approximate surface area is 95.2 Å². The zero-order valence-electron chi connectivity index (χ0n) is 8.08. The Balaban J connectivity index is 3.01. The Hall–Kier alpha value is -0.940. The van der Waals surface area contributed by atoms with Gasteiger partial charge in [-0.3, -0.25) is 4.79 Å². The fourth-order valence-corrected chi connectivity index (χ4v) is 1.61. The normalized spacial score (nSPS) is 14.7. The van der Waals surface area contributed by atoms with Gasteiger partial charge in [-0.1, -0.05) is 28.9 Å². The Kier molecular flexibility index (Phi) is 3.82. The van der Waals surface area contributed by atoms with Crippen LogP contribution in [-0.2, 0) is 4.79 Å². The third kappa shape index (κ3) is 2.76. The van der Waals surface area contributed by atoms with Crippen LogP contribution in [0.4, 0.5) is 4.39 Å². The molecule has 1 aromatic carbocycles. The van der Waals surface area contributed by atoms with Crippen LogP contribution in [0.1, 0.15) is 18.4 Å². The van der Waals surface area contributed by atoms with Gasteiger partial charge in [0.2, 0.25) is 0 Å². The van der Waals surface area contributed by atoms with E-state index in [0.29, 0.717) is 10.0 Å². The fourth-order valence-electron chi connectivity index (χ4n) is 1.28. The van der Waals surface area contributed by atoms with Crippen molar-refractivity contribution in [3.05, 3.63) is 34.1 Å². The van der Waals surface area contributed by atoms with Crippen LogP contribution in [0.2, 0.25) is 0 Å². The predicted molar refractivity (Wildman–Crippen MR) is 58.1 cm³/mol. The second kappa shape index (κ2) is 4.72. The molecule has 82 valence electrons. The molecule has 1 rings (SSSR count). The lowest BCUT2D eigenvalue weighted by atomic mass is 9.93. The fraction of sp³-hybridized carbons (Fsp3) is 0.300.